The molecule has 146 valence electrons. The summed E-state index contributed by atoms with van der Waals surface area (Å²) in [5.41, 5.74) is 4.95. The Bertz CT molecular complexity index is 1250. The zero-order chi connectivity index (χ0) is 21.3. The minimum Gasteiger partial charge on any atom is -0.454 e. The summed E-state index contributed by atoms with van der Waals surface area (Å²) in [5, 5.41) is 8.90. The van der Waals surface area contributed by atoms with E-state index >= 15 is 0 Å². The van der Waals surface area contributed by atoms with Gasteiger partial charge in [0, 0.05) is 16.8 Å². The van der Waals surface area contributed by atoms with E-state index in [0.717, 1.165) is 6.07 Å². The highest BCUT2D eigenvalue weighted by atomic mass is 32.2. The van der Waals surface area contributed by atoms with Crippen LogP contribution in [0, 0.1) is 11.3 Å². The van der Waals surface area contributed by atoms with Crippen molar-refractivity contribution < 1.29 is 27.5 Å². The average Bonchev–Trinajstić information content (AvgIpc) is 2.70. The standard InChI is InChI=1S/C20H14N2O6S/c1-11(22)15(9-21)16(23)10-28-20(25)12-6-7-14-18(8-12)29(26,27)17-5-3-2-4-13(17)19(14)24/h2-8H,10,22H2,1H3/b15-11+. The number of Topliss-reactive ketones (excluding diaryl/α,β-unsaturated/α-hetero) is 1. The maximum absolute atomic E-state index is 12.9. The summed E-state index contributed by atoms with van der Waals surface area (Å²) < 4.78 is 30.6. The number of nitrogens with zero attached hydrogens (tertiary/aromatic N) is 1. The predicted octanol–water partition coefficient (Wildman–Crippen LogP) is 1.55. The molecule has 1 heterocycles. The van der Waals surface area contributed by atoms with Crippen LogP contribution in [-0.4, -0.2) is 32.6 Å². The molecule has 0 spiro atoms. The minimum atomic E-state index is -4.01. The van der Waals surface area contributed by atoms with Crippen molar-refractivity contribution in [2.75, 3.05) is 6.61 Å². The molecule has 2 N–H and O–H groups in total. The van der Waals surface area contributed by atoms with Crippen molar-refractivity contribution in [2.24, 2.45) is 5.73 Å². The zero-order valence-corrected chi connectivity index (χ0v) is 15.9. The smallest absolute Gasteiger partial charge is 0.338 e. The molecule has 1 aliphatic rings. The lowest BCUT2D eigenvalue weighted by molar-refractivity contribution is -0.118. The van der Waals surface area contributed by atoms with Gasteiger partial charge in [-0.25, -0.2) is 13.2 Å². The third-order valence-corrected chi connectivity index (χ3v) is 6.14. The van der Waals surface area contributed by atoms with E-state index in [1.807, 2.05) is 0 Å². The Morgan fingerprint density at radius 2 is 1.76 bits per heavy atom. The molecule has 0 atom stereocenters. The van der Waals surface area contributed by atoms with Gasteiger partial charge in [-0.2, -0.15) is 5.26 Å². The lowest BCUT2D eigenvalue weighted by Crippen LogP contribution is -2.21. The Hall–Kier alpha value is -3.77. The van der Waals surface area contributed by atoms with Crippen molar-refractivity contribution in [3.63, 3.8) is 0 Å². The number of hydrogen-bond donors (Lipinski definition) is 1. The van der Waals surface area contributed by atoms with Crippen molar-refractivity contribution in [1.82, 2.24) is 0 Å². The molecule has 29 heavy (non-hydrogen) atoms. The number of esters is 1. The summed E-state index contributed by atoms with van der Waals surface area (Å²) in [5.74, 6) is -2.23. The summed E-state index contributed by atoms with van der Waals surface area (Å²) in [6.07, 6.45) is 0. The van der Waals surface area contributed by atoms with Crippen LogP contribution in [0.25, 0.3) is 0 Å². The monoisotopic (exact) mass is 410 g/mol. The molecular formula is C20H14N2O6S. The normalized spacial score (nSPS) is 14.7. The number of carbonyl (C=O) groups is 3. The van der Waals surface area contributed by atoms with Crippen LogP contribution in [0.5, 0.6) is 0 Å². The molecule has 0 saturated heterocycles. The summed E-state index contributed by atoms with van der Waals surface area (Å²) >= 11 is 0. The summed E-state index contributed by atoms with van der Waals surface area (Å²) in [7, 11) is -4.01. The number of benzene rings is 2. The van der Waals surface area contributed by atoms with Gasteiger partial charge in [0.25, 0.3) is 0 Å². The van der Waals surface area contributed by atoms with Gasteiger partial charge in [0.2, 0.25) is 15.6 Å². The lowest BCUT2D eigenvalue weighted by atomic mass is 10.0. The van der Waals surface area contributed by atoms with Crippen LogP contribution in [0.15, 0.2) is 63.5 Å². The van der Waals surface area contributed by atoms with Crippen molar-refractivity contribution in [3.05, 3.63) is 70.4 Å². The average molecular weight is 410 g/mol. The first-order chi connectivity index (χ1) is 13.7. The SMILES string of the molecule is C/C(N)=C(/C#N)C(=O)COC(=O)c1ccc2c(c1)S(=O)(=O)c1ccccc1C2=O. The topological polar surface area (TPSA) is 144 Å². The number of allylic oxidation sites excluding steroid dienone is 1. The molecule has 0 fully saturated rings. The van der Waals surface area contributed by atoms with E-state index in [1.54, 1.807) is 12.1 Å². The van der Waals surface area contributed by atoms with Gasteiger partial charge in [0.15, 0.2) is 12.4 Å². The van der Waals surface area contributed by atoms with Crippen LogP contribution in [-0.2, 0) is 19.4 Å². The summed E-state index contributed by atoms with van der Waals surface area (Å²) in [4.78, 5) is 36.3. The first-order valence-corrected chi connectivity index (χ1v) is 9.76. The Morgan fingerprint density at radius 1 is 1.10 bits per heavy atom. The van der Waals surface area contributed by atoms with Gasteiger partial charge >= 0.3 is 5.97 Å². The van der Waals surface area contributed by atoms with Gasteiger partial charge in [-0.15, -0.1) is 0 Å². The highest BCUT2D eigenvalue weighted by Gasteiger charge is 2.35. The molecule has 2 aromatic carbocycles. The second-order valence-corrected chi connectivity index (χ2v) is 8.10. The van der Waals surface area contributed by atoms with Gasteiger partial charge in [0.05, 0.1) is 15.4 Å². The molecule has 0 aromatic heterocycles. The summed E-state index contributed by atoms with van der Waals surface area (Å²) in [6, 6.07) is 10.9. The molecule has 0 radical (unpaired) electrons. The number of rotatable bonds is 4. The van der Waals surface area contributed by atoms with Gasteiger partial charge in [-0.1, -0.05) is 12.1 Å². The van der Waals surface area contributed by atoms with E-state index in [9.17, 15) is 22.8 Å². The maximum atomic E-state index is 12.9. The molecule has 1 aliphatic heterocycles. The van der Waals surface area contributed by atoms with Crippen LogP contribution >= 0.6 is 0 Å². The van der Waals surface area contributed by atoms with Crippen molar-refractivity contribution in [1.29, 1.82) is 5.26 Å². The number of ketones is 2. The lowest BCUT2D eigenvalue weighted by Gasteiger charge is -2.19. The number of sulfone groups is 1. The van der Waals surface area contributed by atoms with Crippen LogP contribution in [0.2, 0.25) is 0 Å². The van der Waals surface area contributed by atoms with E-state index in [2.05, 4.69) is 0 Å². The van der Waals surface area contributed by atoms with Gasteiger partial charge in [0.1, 0.15) is 11.6 Å². The maximum Gasteiger partial charge on any atom is 0.338 e. The molecule has 0 aliphatic carbocycles. The Labute approximate surface area is 166 Å². The van der Waals surface area contributed by atoms with E-state index in [-0.39, 0.29) is 37.8 Å². The molecular weight excluding hydrogens is 396 g/mol. The number of nitriles is 1. The number of nitrogens with two attached hydrogens (primary N) is 1. The molecule has 0 bridgehead atoms. The van der Waals surface area contributed by atoms with Crippen LogP contribution in [0.4, 0.5) is 0 Å². The number of hydrogen-bond acceptors (Lipinski definition) is 8. The number of ether oxygens (including phenoxy) is 1. The van der Waals surface area contributed by atoms with E-state index < -0.39 is 34.0 Å². The Morgan fingerprint density at radius 3 is 2.41 bits per heavy atom. The molecule has 0 saturated carbocycles. The predicted molar refractivity (Wildman–Crippen MR) is 99.6 cm³/mol. The van der Waals surface area contributed by atoms with Crippen LogP contribution in [0.1, 0.15) is 33.2 Å². The largest absolute Gasteiger partial charge is 0.454 e. The molecule has 8 nitrogen and oxygen atoms in total. The second kappa shape index (κ2) is 7.33. The molecule has 3 rings (SSSR count). The Balaban J connectivity index is 1.92. The fourth-order valence-electron chi connectivity index (χ4n) is 2.87. The van der Waals surface area contributed by atoms with Gasteiger partial charge < -0.3 is 10.5 Å². The number of fused-ring (bicyclic) bond motifs is 2. The van der Waals surface area contributed by atoms with E-state index in [0.29, 0.717) is 0 Å². The minimum absolute atomic E-state index is 0.00870. The van der Waals surface area contributed by atoms with Gasteiger partial charge in [-0.05, 0) is 37.3 Å². The fraction of sp³-hybridized carbons (Fsp3) is 0.100. The van der Waals surface area contributed by atoms with Gasteiger partial charge in [-0.3, -0.25) is 9.59 Å². The molecule has 0 unspecified atom stereocenters. The fourth-order valence-corrected chi connectivity index (χ4v) is 4.55. The zero-order valence-electron chi connectivity index (χ0n) is 15.1. The quantitative estimate of drug-likeness (QED) is 0.387. The third-order valence-electron chi connectivity index (χ3n) is 4.29. The highest BCUT2D eigenvalue weighted by Crippen LogP contribution is 2.34. The van der Waals surface area contributed by atoms with Crippen molar-refractivity contribution >= 4 is 27.4 Å². The third kappa shape index (κ3) is 3.41. The summed E-state index contributed by atoms with van der Waals surface area (Å²) in [6.45, 7) is 0.628. The Kier molecular flexibility index (Phi) is 5.05. The second-order valence-electron chi connectivity index (χ2n) is 6.21. The van der Waals surface area contributed by atoms with Crippen molar-refractivity contribution in [3.8, 4) is 6.07 Å². The van der Waals surface area contributed by atoms with E-state index in [1.165, 1.54) is 37.3 Å². The van der Waals surface area contributed by atoms with Crippen molar-refractivity contribution in [2.45, 2.75) is 16.7 Å². The molecule has 0 amide bonds. The molecule has 2 aromatic rings. The van der Waals surface area contributed by atoms with Crippen LogP contribution in [0.3, 0.4) is 0 Å². The van der Waals surface area contributed by atoms with Crippen LogP contribution < -0.4 is 5.73 Å². The highest BCUT2D eigenvalue weighted by molar-refractivity contribution is 7.91. The molecule has 9 heteroatoms. The first-order valence-electron chi connectivity index (χ1n) is 8.28. The number of carbonyl (C=O) groups excluding carboxylic acids is 3. The first kappa shape index (κ1) is 20.0. The van der Waals surface area contributed by atoms with E-state index in [4.69, 9.17) is 15.7 Å².